The van der Waals surface area contributed by atoms with Crippen LogP contribution in [0, 0.1) is 0 Å². The predicted molar refractivity (Wildman–Crippen MR) is 72.7 cm³/mol. The fourth-order valence-corrected chi connectivity index (χ4v) is 1.94. The maximum absolute atomic E-state index is 12.3. The Morgan fingerprint density at radius 2 is 2.26 bits per heavy atom. The summed E-state index contributed by atoms with van der Waals surface area (Å²) in [5.41, 5.74) is 1.58. The second-order valence-corrected chi connectivity index (χ2v) is 4.67. The standard InChI is InChI=1S/C14H18N4O/c1-11(9-12-10-15-6-7-16-12)18(3)14(19)13-5-4-8-17(13)2/h4-8,10-11H,9H2,1-3H3/t11-/m1/s1. The molecule has 1 atom stereocenters. The van der Waals surface area contributed by atoms with Crippen molar-refractivity contribution in [2.45, 2.75) is 19.4 Å². The van der Waals surface area contributed by atoms with E-state index in [1.807, 2.05) is 43.9 Å². The quantitative estimate of drug-likeness (QED) is 0.835. The van der Waals surface area contributed by atoms with Gasteiger partial charge < -0.3 is 9.47 Å². The van der Waals surface area contributed by atoms with Crippen LogP contribution < -0.4 is 0 Å². The molecule has 2 aromatic heterocycles. The van der Waals surface area contributed by atoms with E-state index in [9.17, 15) is 4.79 Å². The van der Waals surface area contributed by atoms with Gasteiger partial charge in [-0.05, 0) is 19.1 Å². The summed E-state index contributed by atoms with van der Waals surface area (Å²) >= 11 is 0. The number of amides is 1. The first-order valence-electron chi connectivity index (χ1n) is 6.23. The van der Waals surface area contributed by atoms with E-state index in [0.29, 0.717) is 12.1 Å². The lowest BCUT2D eigenvalue weighted by Crippen LogP contribution is -2.37. The smallest absolute Gasteiger partial charge is 0.270 e. The average molecular weight is 258 g/mol. The number of hydrogen-bond donors (Lipinski definition) is 0. The summed E-state index contributed by atoms with van der Waals surface area (Å²) in [4.78, 5) is 22.3. The van der Waals surface area contributed by atoms with Crippen molar-refractivity contribution in [3.05, 3.63) is 48.3 Å². The lowest BCUT2D eigenvalue weighted by atomic mass is 10.1. The van der Waals surface area contributed by atoms with Crippen molar-refractivity contribution >= 4 is 5.91 Å². The highest BCUT2D eigenvalue weighted by atomic mass is 16.2. The van der Waals surface area contributed by atoms with Crippen LogP contribution in [0.25, 0.3) is 0 Å². The Hall–Kier alpha value is -2.17. The lowest BCUT2D eigenvalue weighted by Gasteiger charge is -2.24. The molecule has 100 valence electrons. The summed E-state index contributed by atoms with van der Waals surface area (Å²) in [5.74, 6) is 0.0175. The van der Waals surface area contributed by atoms with Crippen LogP contribution >= 0.6 is 0 Å². The Labute approximate surface area is 112 Å². The molecule has 1 amide bonds. The van der Waals surface area contributed by atoms with Crippen molar-refractivity contribution < 1.29 is 4.79 Å². The van der Waals surface area contributed by atoms with E-state index in [2.05, 4.69) is 9.97 Å². The number of hydrogen-bond acceptors (Lipinski definition) is 3. The number of likely N-dealkylation sites (N-methyl/N-ethyl adjacent to an activating group) is 1. The highest BCUT2D eigenvalue weighted by Crippen LogP contribution is 2.09. The van der Waals surface area contributed by atoms with Crippen LogP contribution in [0.5, 0.6) is 0 Å². The van der Waals surface area contributed by atoms with E-state index in [1.165, 1.54) is 0 Å². The third kappa shape index (κ3) is 2.99. The van der Waals surface area contributed by atoms with Crippen LogP contribution in [-0.4, -0.2) is 38.4 Å². The number of rotatable bonds is 4. The monoisotopic (exact) mass is 258 g/mol. The molecule has 0 N–H and O–H groups in total. The zero-order valence-electron chi connectivity index (χ0n) is 11.4. The molecular weight excluding hydrogens is 240 g/mol. The lowest BCUT2D eigenvalue weighted by molar-refractivity contribution is 0.0733. The van der Waals surface area contributed by atoms with E-state index in [0.717, 1.165) is 5.69 Å². The maximum atomic E-state index is 12.3. The van der Waals surface area contributed by atoms with E-state index >= 15 is 0 Å². The van der Waals surface area contributed by atoms with E-state index in [-0.39, 0.29) is 11.9 Å². The summed E-state index contributed by atoms with van der Waals surface area (Å²) in [5, 5.41) is 0. The number of nitrogens with zero attached hydrogens (tertiary/aromatic N) is 4. The molecule has 0 spiro atoms. The van der Waals surface area contributed by atoms with Crippen molar-refractivity contribution in [2.75, 3.05) is 7.05 Å². The van der Waals surface area contributed by atoms with Gasteiger partial charge in [-0.2, -0.15) is 0 Å². The average Bonchev–Trinajstić information content (AvgIpc) is 2.84. The van der Waals surface area contributed by atoms with Crippen molar-refractivity contribution in [3.8, 4) is 0 Å². The maximum Gasteiger partial charge on any atom is 0.270 e. The van der Waals surface area contributed by atoms with Crippen molar-refractivity contribution in [2.24, 2.45) is 7.05 Å². The Bertz CT molecular complexity index is 550. The molecule has 0 fully saturated rings. The van der Waals surface area contributed by atoms with Gasteiger partial charge in [0.15, 0.2) is 0 Å². The first-order chi connectivity index (χ1) is 9.09. The molecule has 0 aromatic carbocycles. The van der Waals surface area contributed by atoms with E-state index < -0.39 is 0 Å². The largest absolute Gasteiger partial charge is 0.347 e. The second-order valence-electron chi connectivity index (χ2n) is 4.67. The van der Waals surface area contributed by atoms with Gasteiger partial charge in [0, 0.05) is 51.3 Å². The first kappa shape index (κ1) is 13.3. The predicted octanol–water partition coefficient (Wildman–Crippen LogP) is 1.52. The van der Waals surface area contributed by atoms with Crippen LogP contribution in [0.15, 0.2) is 36.9 Å². The molecular formula is C14H18N4O. The minimum atomic E-state index is 0.0175. The van der Waals surface area contributed by atoms with Gasteiger partial charge in [-0.1, -0.05) is 0 Å². The minimum Gasteiger partial charge on any atom is -0.347 e. The minimum absolute atomic E-state index is 0.0175. The summed E-state index contributed by atoms with van der Waals surface area (Å²) in [7, 11) is 3.69. The van der Waals surface area contributed by atoms with Gasteiger partial charge in [0.05, 0.1) is 5.69 Å². The molecule has 2 heterocycles. The third-order valence-electron chi connectivity index (χ3n) is 3.27. The topological polar surface area (TPSA) is 51.0 Å². The van der Waals surface area contributed by atoms with Crippen molar-refractivity contribution in [3.63, 3.8) is 0 Å². The van der Waals surface area contributed by atoms with Gasteiger partial charge in [0.2, 0.25) is 0 Å². The molecule has 2 rings (SSSR count). The van der Waals surface area contributed by atoms with E-state index in [4.69, 9.17) is 0 Å². The normalized spacial score (nSPS) is 12.2. The summed E-state index contributed by atoms with van der Waals surface area (Å²) in [6.07, 6.45) is 7.61. The second kappa shape index (κ2) is 5.65. The molecule has 19 heavy (non-hydrogen) atoms. The van der Waals surface area contributed by atoms with Gasteiger partial charge in [0.1, 0.15) is 5.69 Å². The molecule has 0 unspecified atom stereocenters. The Kier molecular flexibility index (Phi) is 3.94. The Morgan fingerprint density at radius 1 is 1.47 bits per heavy atom. The fourth-order valence-electron chi connectivity index (χ4n) is 1.94. The zero-order chi connectivity index (χ0) is 13.8. The Balaban J connectivity index is 2.05. The van der Waals surface area contributed by atoms with E-state index in [1.54, 1.807) is 23.5 Å². The molecule has 0 aliphatic carbocycles. The van der Waals surface area contributed by atoms with Crippen molar-refractivity contribution in [1.82, 2.24) is 19.4 Å². The van der Waals surface area contributed by atoms with Crippen LogP contribution in [0.2, 0.25) is 0 Å². The highest BCUT2D eigenvalue weighted by Gasteiger charge is 2.19. The number of carbonyl (C=O) groups excluding carboxylic acids is 1. The molecule has 0 saturated carbocycles. The molecule has 0 aliphatic heterocycles. The van der Waals surface area contributed by atoms with Gasteiger partial charge in [-0.15, -0.1) is 0 Å². The van der Waals surface area contributed by atoms with Crippen LogP contribution in [0.3, 0.4) is 0 Å². The number of aromatic nitrogens is 3. The first-order valence-corrected chi connectivity index (χ1v) is 6.23. The SMILES string of the molecule is C[C@H](Cc1cnccn1)N(C)C(=O)c1cccn1C. The molecule has 2 aromatic rings. The summed E-state index contributed by atoms with van der Waals surface area (Å²) in [6.45, 7) is 2.01. The molecule has 5 heteroatoms. The Morgan fingerprint density at radius 3 is 2.84 bits per heavy atom. The molecule has 0 radical (unpaired) electrons. The summed E-state index contributed by atoms with van der Waals surface area (Å²) in [6, 6.07) is 3.77. The van der Waals surface area contributed by atoms with Crippen molar-refractivity contribution in [1.29, 1.82) is 0 Å². The molecule has 0 aliphatic rings. The molecule has 0 bridgehead atoms. The fraction of sp³-hybridized carbons (Fsp3) is 0.357. The number of carbonyl (C=O) groups is 1. The number of aryl methyl sites for hydroxylation is 1. The highest BCUT2D eigenvalue weighted by molar-refractivity contribution is 5.92. The van der Waals surface area contributed by atoms with Gasteiger partial charge in [-0.3, -0.25) is 14.8 Å². The third-order valence-corrected chi connectivity index (χ3v) is 3.27. The summed E-state index contributed by atoms with van der Waals surface area (Å²) < 4.78 is 1.83. The van der Waals surface area contributed by atoms with Gasteiger partial charge in [0.25, 0.3) is 5.91 Å². The molecule has 5 nitrogen and oxygen atoms in total. The van der Waals surface area contributed by atoms with Crippen LogP contribution in [-0.2, 0) is 13.5 Å². The van der Waals surface area contributed by atoms with Crippen LogP contribution in [0.1, 0.15) is 23.1 Å². The van der Waals surface area contributed by atoms with Gasteiger partial charge >= 0.3 is 0 Å². The molecule has 0 saturated heterocycles. The van der Waals surface area contributed by atoms with Gasteiger partial charge in [-0.25, -0.2) is 0 Å². The van der Waals surface area contributed by atoms with Crippen LogP contribution in [0.4, 0.5) is 0 Å². The zero-order valence-corrected chi connectivity index (χ0v) is 11.4.